The molecule has 0 saturated carbocycles. The summed E-state index contributed by atoms with van der Waals surface area (Å²) >= 11 is 0. The van der Waals surface area contributed by atoms with Crippen LogP contribution in [0.15, 0.2) is 60.9 Å². The van der Waals surface area contributed by atoms with E-state index in [0.29, 0.717) is 37.5 Å². The van der Waals surface area contributed by atoms with Crippen LogP contribution in [-0.2, 0) is 13.1 Å². The summed E-state index contributed by atoms with van der Waals surface area (Å²) in [6.07, 6.45) is 5.66. The first-order valence-electron chi connectivity index (χ1n) is 11.6. The normalized spacial score (nSPS) is 18.9. The predicted molar refractivity (Wildman–Crippen MR) is 127 cm³/mol. The summed E-state index contributed by atoms with van der Waals surface area (Å²) < 4.78 is 32.7. The lowest BCUT2D eigenvalue weighted by Crippen LogP contribution is -2.37. The van der Waals surface area contributed by atoms with E-state index in [-0.39, 0.29) is 12.4 Å². The molecule has 2 heterocycles. The highest BCUT2D eigenvalue weighted by Gasteiger charge is 2.31. The Morgan fingerprint density at radius 1 is 1.03 bits per heavy atom. The van der Waals surface area contributed by atoms with Gasteiger partial charge in [0.2, 0.25) is 0 Å². The SMILES string of the molecule is COc1cc(CN2CCC[C@](O)(COc3ccccc3F)CC2)ccc1OCCn1cccn1. The molecule has 8 heteroatoms. The number of halogens is 1. The molecular formula is C26H32FN3O4. The van der Waals surface area contributed by atoms with Gasteiger partial charge in [-0.2, -0.15) is 5.10 Å². The van der Waals surface area contributed by atoms with E-state index in [9.17, 15) is 9.50 Å². The maximum absolute atomic E-state index is 13.8. The summed E-state index contributed by atoms with van der Waals surface area (Å²) in [6, 6.07) is 14.2. The summed E-state index contributed by atoms with van der Waals surface area (Å²) in [5.41, 5.74) is 0.144. The Morgan fingerprint density at radius 3 is 2.71 bits per heavy atom. The molecule has 0 amide bonds. The van der Waals surface area contributed by atoms with Gasteiger partial charge in [-0.25, -0.2) is 4.39 Å². The Kier molecular flexibility index (Phi) is 8.03. The Hall–Kier alpha value is -3.10. The first-order valence-corrected chi connectivity index (χ1v) is 11.6. The molecule has 1 fully saturated rings. The Bertz CT molecular complexity index is 1050. The minimum atomic E-state index is -0.971. The molecule has 1 atom stereocenters. The van der Waals surface area contributed by atoms with Crippen LogP contribution in [0.2, 0.25) is 0 Å². The first-order chi connectivity index (χ1) is 16.5. The maximum atomic E-state index is 13.8. The van der Waals surface area contributed by atoms with E-state index >= 15 is 0 Å². The van der Waals surface area contributed by atoms with Gasteiger partial charge in [-0.3, -0.25) is 9.58 Å². The van der Waals surface area contributed by atoms with Crippen molar-refractivity contribution in [3.63, 3.8) is 0 Å². The Labute approximate surface area is 199 Å². The highest BCUT2D eigenvalue weighted by molar-refractivity contribution is 5.43. The third kappa shape index (κ3) is 6.48. The van der Waals surface area contributed by atoms with Gasteiger partial charge in [-0.1, -0.05) is 18.2 Å². The lowest BCUT2D eigenvalue weighted by atomic mass is 9.96. The monoisotopic (exact) mass is 469 g/mol. The van der Waals surface area contributed by atoms with Crippen LogP contribution in [-0.4, -0.2) is 58.8 Å². The van der Waals surface area contributed by atoms with Crippen molar-refractivity contribution in [3.05, 3.63) is 72.3 Å². The van der Waals surface area contributed by atoms with Gasteiger partial charge in [0.25, 0.3) is 0 Å². The smallest absolute Gasteiger partial charge is 0.165 e. The number of likely N-dealkylation sites (tertiary alicyclic amines) is 1. The fourth-order valence-electron chi connectivity index (χ4n) is 4.18. The van der Waals surface area contributed by atoms with Crippen molar-refractivity contribution in [1.29, 1.82) is 0 Å². The van der Waals surface area contributed by atoms with Crippen LogP contribution >= 0.6 is 0 Å². The van der Waals surface area contributed by atoms with E-state index in [1.54, 1.807) is 31.5 Å². The fraction of sp³-hybridized carbons (Fsp3) is 0.423. The predicted octanol–water partition coefficient (Wildman–Crippen LogP) is 3.91. The minimum absolute atomic E-state index is 0.0835. The van der Waals surface area contributed by atoms with Crippen LogP contribution in [0.4, 0.5) is 4.39 Å². The summed E-state index contributed by atoms with van der Waals surface area (Å²) in [6.45, 7) is 3.58. The molecule has 1 aliphatic rings. The summed E-state index contributed by atoms with van der Waals surface area (Å²) in [7, 11) is 1.64. The summed E-state index contributed by atoms with van der Waals surface area (Å²) in [5.74, 6) is 1.16. The number of hydrogen-bond acceptors (Lipinski definition) is 6. The van der Waals surface area contributed by atoms with Crippen molar-refractivity contribution >= 4 is 0 Å². The molecule has 3 aromatic rings. The lowest BCUT2D eigenvalue weighted by Gasteiger charge is -2.27. The molecular weight excluding hydrogens is 437 g/mol. The van der Waals surface area contributed by atoms with Crippen LogP contribution in [0, 0.1) is 5.82 Å². The van der Waals surface area contributed by atoms with Gasteiger partial charge >= 0.3 is 0 Å². The van der Waals surface area contributed by atoms with Gasteiger partial charge in [0.05, 0.1) is 19.3 Å². The van der Waals surface area contributed by atoms with Gasteiger partial charge in [0, 0.05) is 25.5 Å². The van der Waals surface area contributed by atoms with E-state index in [0.717, 1.165) is 31.6 Å². The number of methoxy groups -OCH3 is 1. The van der Waals surface area contributed by atoms with Gasteiger partial charge in [-0.05, 0) is 61.7 Å². The first kappa shape index (κ1) is 24.0. The topological polar surface area (TPSA) is 69.0 Å². The molecule has 2 aromatic carbocycles. The van der Waals surface area contributed by atoms with Crippen molar-refractivity contribution in [2.75, 3.05) is 33.4 Å². The molecule has 0 bridgehead atoms. The number of rotatable bonds is 10. The number of para-hydroxylation sites is 1. The lowest BCUT2D eigenvalue weighted by molar-refractivity contribution is -0.0177. The fourth-order valence-corrected chi connectivity index (χ4v) is 4.18. The van der Waals surface area contributed by atoms with Gasteiger partial charge in [0.1, 0.15) is 13.2 Å². The second kappa shape index (κ2) is 11.4. The maximum Gasteiger partial charge on any atom is 0.165 e. The highest BCUT2D eigenvalue weighted by atomic mass is 19.1. The van der Waals surface area contributed by atoms with Gasteiger partial charge in [-0.15, -0.1) is 0 Å². The molecule has 1 aliphatic heterocycles. The molecule has 0 spiro atoms. The Morgan fingerprint density at radius 2 is 1.91 bits per heavy atom. The van der Waals surface area contributed by atoms with Crippen molar-refractivity contribution in [3.8, 4) is 17.2 Å². The van der Waals surface area contributed by atoms with Crippen LogP contribution in [0.1, 0.15) is 24.8 Å². The van der Waals surface area contributed by atoms with Crippen LogP contribution in [0.3, 0.4) is 0 Å². The second-order valence-corrected chi connectivity index (χ2v) is 8.68. The summed E-state index contributed by atoms with van der Waals surface area (Å²) in [4.78, 5) is 2.31. The quantitative estimate of drug-likeness (QED) is 0.486. The third-order valence-corrected chi connectivity index (χ3v) is 6.11. The van der Waals surface area contributed by atoms with Gasteiger partial charge < -0.3 is 19.3 Å². The summed E-state index contributed by atoms with van der Waals surface area (Å²) in [5, 5.41) is 15.2. The average molecular weight is 470 g/mol. The molecule has 1 aromatic heterocycles. The molecule has 182 valence electrons. The molecule has 0 aliphatic carbocycles. The standard InChI is InChI=1S/C26H32FN3O4/c1-32-25-18-21(8-9-24(25)33-17-16-30-14-5-12-28-30)19-29-13-4-10-26(31,11-15-29)20-34-23-7-3-2-6-22(23)27/h2-3,5-9,12,14,18,31H,4,10-11,13,15-17,19-20H2,1H3/t26-/m1/s1. The van der Waals surface area contributed by atoms with E-state index in [1.807, 2.05) is 35.1 Å². The Balaban J connectivity index is 1.29. The van der Waals surface area contributed by atoms with E-state index < -0.39 is 11.4 Å². The number of nitrogens with zero attached hydrogens (tertiary/aromatic N) is 3. The van der Waals surface area contributed by atoms with Crippen LogP contribution in [0.5, 0.6) is 17.2 Å². The number of hydrogen-bond donors (Lipinski definition) is 1. The van der Waals surface area contributed by atoms with E-state index in [2.05, 4.69) is 10.00 Å². The molecule has 4 rings (SSSR count). The number of ether oxygens (including phenoxy) is 3. The zero-order valence-corrected chi connectivity index (χ0v) is 19.5. The van der Waals surface area contributed by atoms with Crippen molar-refractivity contribution < 1.29 is 23.7 Å². The zero-order valence-electron chi connectivity index (χ0n) is 19.5. The minimum Gasteiger partial charge on any atom is -0.493 e. The van der Waals surface area contributed by atoms with Crippen LogP contribution in [0.25, 0.3) is 0 Å². The van der Waals surface area contributed by atoms with Crippen molar-refractivity contribution in [1.82, 2.24) is 14.7 Å². The largest absolute Gasteiger partial charge is 0.493 e. The van der Waals surface area contributed by atoms with Gasteiger partial charge in [0.15, 0.2) is 23.1 Å². The number of benzene rings is 2. The second-order valence-electron chi connectivity index (χ2n) is 8.68. The molecule has 0 radical (unpaired) electrons. The highest BCUT2D eigenvalue weighted by Crippen LogP contribution is 2.30. The van der Waals surface area contributed by atoms with E-state index in [4.69, 9.17) is 14.2 Å². The van der Waals surface area contributed by atoms with Crippen molar-refractivity contribution in [2.24, 2.45) is 0 Å². The molecule has 1 saturated heterocycles. The van der Waals surface area contributed by atoms with E-state index in [1.165, 1.54) is 6.07 Å². The molecule has 7 nitrogen and oxygen atoms in total. The molecule has 1 N–H and O–H groups in total. The average Bonchev–Trinajstić information content (AvgIpc) is 3.29. The number of aromatic nitrogens is 2. The zero-order chi connectivity index (χ0) is 23.8. The molecule has 34 heavy (non-hydrogen) atoms. The molecule has 0 unspecified atom stereocenters. The van der Waals surface area contributed by atoms with Crippen molar-refractivity contribution in [2.45, 2.75) is 38.0 Å². The number of aliphatic hydroxyl groups is 1. The van der Waals surface area contributed by atoms with Crippen LogP contribution < -0.4 is 14.2 Å². The third-order valence-electron chi connectivity index (χ3n) is 6.11.